The summed E-state index contributed by atoms with van der Waals surface area (Å²) in [5, 5.41) is 11.1. The molecule has 1 aliphatic rings. The van der Waals surface area contributed by atoms with E-state index in [2.05, 4.69) is 23.2 Å². The van der Waals surface area contributed by atoms with E-state index in [1.165, 1.54) is 17.3 Å². The number of carbonyl (C=O) groups is 1. The number of fused-ring (bicyclic) bond motifs is 2. The van der Waals surface area contributed by atoms with Crippen LogP contribution in [0.15, 0.2) is 59.8 Å². The van der Waals surface area contributed by atoms with Crippen molar-refractivity contribution in [2.45, 2.75) is 24.4 Å². The lowest BCUT2D eigenvalue weighted by Gasteiger charge is -2.22. The predicted molar refractivity (Wildman–Crippen MR) is 97.4 cm³/mol. The molecule has 2 aromatic carbocycles. The van der Waals surface area contributed by atoms with E-state index < -0.39 is 0 Å². The van der Waals surface area contributed by atoms with Crippen LogP contribution in [0.2, 0.25) is 0 Å². The molecule has 4 nitrogen and oxygen atoms in total. The molecular weight excluding hydrogens is 318 g/mol. The number of thioether (sulfide) groups is 1. The first kappa shape index (κ1) is 15.1. The van der Waals surface area contributed by atoms with Gasteiger partial charge in [-0.25, -0.2) is 0 Å². The second-order valence-corrected chi connectivity index (χ2v) is 6.94. The molecule has 120 valence electrons. The molecule has 1 aromatic heterocycles. The molecule has 0 N–H and O–H groups in total. The molecule has 0 aliphatic carbocycles. The molecule has 0 unspecified atom stereocenters. The number of hydrogen-bond donors (Lipinski definition) is 0. The van der Waals surface area contributed by atoms with Gasteiger partial charge in [0.05, 0.1) is 11.9 Å². The van der Waals surface area contributed by atoms with Crippen molar-refractivity contribution in [2.24, 2.45) is 0 Å². The van der Waals surface area contributed by atoms with Gasteiger partial charge < -0.3 is 4.90 Å². The number of nitrogens with zero attached hydrogens (tertiary/aromatic N) is 3. The zero-order valence-electron chi connectivity index (χ0n) is 13.3. The molecule has 0 bridgehead atoms. The van der Waals surface area contributed by atoms with Gasteiger partial charge >= 0.3 is 0 Å². The average Bonchev–Trinajstić information content (AvgIpc) is 2.95. The highest BCUT2D eigenvalue weighted by Gasteiger charge is 2.30. The molecule has 0 fully saturated rings. The summed E-state index contributed by atoms with van der Waals surface area (Å²) in [6.45, 7) is 2.10. The van der Waals surface area contributed by atoms with Crippen LogP contribution in [0.3, 0.4) is 0 Å². The lowest BCUT2D eigenvalue weighted by atomic mass is 10.1. The largest absolute Gasteiger partial charge is 0.308 e. The highest BCUT2D eigenvalue weighted by atomic mass is 32.2. The van der Waals surface area contributed by atoms with Gasteiger partial charge in [-0.1, -0.05) is 54.2 Å². The fourth-order valence-electron chi connectivity index (χ4n) is 3.25. The highest BCUT2D eigenvalue weighted by Crippen LogP contribution is 2.33. The minimum absolute atomic E-state index is 0.118. The summed E-state index contributed by atoms with van der Waals surface area (Å²) >= 11 is 1.46. The average molecular weight is 335 g/mol. The quantitative estimate of drug-likeness (QED) is 0.685. The Kier molecular flexibility index (Phi) is 3.94. The van der Waals surface area contributed by atoms with Gasteiger partial charge in [0.25, 0.3) is 0 Å². The van der Waals surface area contributed by atoms with Gasteiger partial charge in [-0.15, -0.1) is 5.10 Å². The smallest absolute Gasteiger partial charge is 0.237 e. The number of rotatable bonds is 3. The Labute approximate surface area is 144 Å². The van der Waals surface area contributed by atoms with E-state index in [9.17, 15) is 4.79 Å². The minimum atomic E-state index is 0.118. The van der Waals surface area contributed by atoms with Crippen LogP contribution in [-0.2, 0) is 11.2 Å². The topological polar surface area (TPSA) is 46.1 Å². The molecule has 4 rings (SSSR count). The Balaban J connectivity index is 1.55. The second kappa shape index (κ2) is 6.24. The van der Waals surface area contributed by atoms with Gasteiger partial charge in [0, 0.05) is 22.5 Å². The number of aromatic nitrogens is 2. The zero-order chi connectivity index (χ0) is 16.5. The predicted octanol–water partition coefficient (Wildman–Crippen LogP) is 3.70. The Morgan fingerprint density at radius 2 is 2.00 bits per heavy atom. The summed E-state index contributed by atoms with van der Waals surface area (Å²) in [5.74, 6) is 0.480. The first-order valence-electron chi connectivity index (χ1n) is 7.97. The van der Waals surface area contributed by atoms with Gasteiger partial charge in [-0.05, 0) is 25.0 Å². The first-order valence-corrected chi connectivity index (χ1v) is 8.96. The van der Waals surface area contributed by atoms with Crippen LogP contribution in [0, 0.1) is 0 Å². The molecule has 24 heavy (non-hydrogen) atoms. The summed E-state index contributed by atoms with van der Waals surface area (Å²) in [6.07, 6.45) is 2.67. The summed E-state index contributed by atoms with van der Waals surface area (Å²) in [6, 6.07) is 16.3. The molecule has 0 saturated carbocycles. The third-order valence-corrected chi connectivity index (χ3v) is 5.31. The number of amides is 1. The summed E-state index contributed by atoms with van der Waals surface area (Å²) in [7, 11) is 0. The van der Waals surface area contributed by atoms with Crippen molar-refractivity contribution in [3.05, 3.63) is 60.3 Å². The highest BCUT2D eigenvalue weighted by molar-refractivity contribution is 8.00. The van der Waals surface area contributed by atoms with Crippen LogP contribution in [0.25, 0.3) is 10.8 Å². The van der Waals surface area contributed by atoms with E-state index in [0.717, 1.165) is 27.9 Å². The Hall–Kier alpha value is -2.40. The molecule has 5 heteroatoms. The lowest BCUT2D eigenvalue weighted by molar-refractivity contribution is -0.116. The Morgan fingerprint density at radius 3 is 2.92 bits per heavy atom. The maximum atomic E-state index is 12.8. The number of carbonyl (C=O) groups excluding carboxylic acids is 1. The van der Waals surface area contributed by atoms with Crippen molar-refractivity contribution < 1.29 is 4.79 Å². The summed E-state index contributed by atoms with van der Waals surface area (Å²) < 4.78 is 0. The first-order chi connectivity index (χ1) is 11.7. The summed E-state index contributed by atoms with van der Waals surface area (Å²) in [4.78, 5) is 14.7. The molecular formula is C19H17N3OS. The van der Waals surface area contributed by atoms with E-state index in [1.54, 1.807) is 6.20 Å². The second-order valence-electron chi connectivity index (χ2n) is 5.97. The fraction of sp³-hybridized carbons (Fsp3) is 0.211. The van der Waals surface area contributed by atoms with Crippen LogP contribution in [0.5, 0.6) is 0 Å². The van der Waals surface area contributed by atoms with Crippen LogP contribution in [0.4, 0.5) is 5.69 Å². The van der Waals surface area contributed by atoms with Gasteiger partial charge in [0.1, 0.15) is 5.03 Å². The van der Waals surface area contributed by atoms with Gasteiger partial charge in [0.15, 0.2) is 0 Å². The van der Waals surface area contributed by atoms with Crippen molar-refractivity contribution in [3.8, 4) is 0 Å². The molecule has 1 aliphatic heterocycles. The van der Waals surface area contributed by atoms with Crippen LogP contribution < -0.4 is 4.90 Å². The van der Waals surface area contributed by atoms with Crippen LogP contribution in [-0.4, -0.2) is 27.9 Å². The van der Waals surface area contributed by atoms with E-state index in [0.29, 0.717) is 5.75 Å². The fourth-order valence-corrected chi connectivity index (χ4v) is 4.10. The monoisotopic (exact) mass is 335 g/mol. The lowest BCUT2D eigenvalue weighted by Crippen LogP contribution is -2.37. The Morgan fingerprint density at radius 1 is 1.21 bits per heavy atom. The van der Waals surface area contributed by atoms with Crippen molar-refractivity contribution >= 4 is 34.1 Å². The third-order valence-electron chi connectivity index (χ3n) is 4.34. The maximum absolute atomic E-state index is 12.8. The molecule has 1 amide bonds. The molecule has 3 aromatic rings. The van der Waals surface area contributed by atoms with Crippen molar-refractivity contribution in [1.82, 2.24) is 10.2 Å². The van der Waals surface area contributed by atoms with E-state index in [4.69, 9.17) is 0 Å². The molecule has 0 saturated heterocycles. The SMILES string of the molecule is C[C@H]1Cc2ccccc2N1C(=O)CSc1nncc2ccccc12. The maximum Gasteiger partial charge on any atom is 0.237 e. The van der Waals surface area contributed by atoms with Crippen molar-refractivity contribution in [3.63, 3.8) is 0 Å². The normalized spacial score (nSPS) is 16.4. The molecule has 1 atom stereocenters. The summed E-state index contributed by atoms with van der Waals surface area (Å²) in [5.41, 5.74) is 2.29. The van der Waals surface area contributed by atoms with Crippen LogP contribution in [0.1, 0.15) is 12.5 Å². The van der Waals surface area contributed by atoms with E-state index in [-0.39, 0.29) is 11.9 Å². The molecule has 0 radical (unpaired) electrons. The van der Waals surface area contributed by atoms with Gasteiger partial charge in [-0.2, -0.15) is 5.10 Å². The molecule has 0 spiro atoms. The minimum Gasteiger partial charge on any atom is -0.308 e. The van der Waals surface area contributed by atoms with Gasteiger partial charge in [0.2, 0.25) is 5.91 Å². The van der Waals surface area contributed by atoms with E-state index in [1.807, 2.05) is 47.4 Å². The zero-order valence-corrected chi connectivity index (χ0v) is 14.2. The van der Waals surface area contributed by atoms with Crippen molar-refractivity contribution in [1.29, 1.82) is 0 Å². The number of anilines is 1. The number of hydrogen-bond acceptors (Lipinski definition) is 4. The van der Waals surface area contributed by atoms with Crippen molar-refractivity contribution in [2.75, 3.05) is 10.7 Å². The molecule has 2 heterocycles. The number of para-hydroxylation sites is 1. The standard InChI is InChI=1S/C19H17N3OS/c1-13-10-14-6-3-5-9-17(14)22(13)18(23)12-24-19-16-8-4-2-7-15(16)11-20-21-19/h2-9,11,13H,10,12H2,1H3/t13-/m0/s1. The Bertz CT molecular complexity index is 907. The number of benzene rings is 2. The van der Waals surface area contributed by atoms with Crippen LogP contribution >= 0.6 is 11.8 Å². The van der Waals surface area contributed by atoms with E-state index >= 15 is 0 Å². The third kappa shape index (κ3) is 2.65. The van der Waals surface area contributed by atoms with Gasteiger partial charge in [-0.3, -0.25) is 4.79 Å².